The van der Waals surface area contributed by atoms with Gasteiger partial charge in [0.05, 0.1) is 6.04 Å². The van der Waals surface area contributed by atoms with Crippen molar-refractivity contribution in [2.24, 2.45) is 0 Å². The maximum absolute atomic E-state index is 5.57. The average molecular weight is 236 g/mol. The highest BCUT2D eigenvalue weighted by atomic mass is 32.1. The molecule has 0 saturated heterocycles. The number of benzene rings is 1. The molecular weight excluding hydrogens is 220 g/mol. The molecule has 2 N–H and O–H groups in total. The van der Waals surface area contributed by atoms with Gasteiger partial charge in [0.1, 0.15) is 12.4 Å². The third kappa shape index (κ3) is 2.44. The molecule has 1 aliphatic heterocycles. The Hall–Kier alpha value is -1.29. The lowest BCUT2D eigenvalue weighted by molar-refractivity contribution is 0.324. The third-order valence-corrected chi connectivity index (χ3v) is 2.80. The zero-order chi connectivity index (χ0) is 11.4. The first-order chi connectivity index (χ1) is 7.81. The molecule has 0 spiro atoms. The molecule has 1 aliphatic rings. The van der Waals surface area contributed by atoms with Crippen LogP contribution in [0.1, 0.15) is 24.9 Å². The molecule has 0 saturated carbocycles. The quantitative estimate of drug-likeness (QED) is 0.786. The number of ether oxygens (including phenoxy) is 1. The lowest BCUT2D eigenvalue weighted by atomic mass is 10.1. The molecular formula is C12H16N2OS. The van der Waals surface area contributed by atoms with E-state index >= 15 is 0 Å². The van der Waals surface area contributed by atoms with Crippen LogP contribution in [0.5, 0.6) is 5.75 Å². The molecule has 1 unspecified atom stereocenters. The first-order valence-corrected chi connectivity index (χ1v) is 5.98. The van der Waals surface area contributed by atoms with E-state index in [1.807, 2.05) is 18.2 Å². The first-order valence-electron chi connectivity index (χ1n) is 5.57. The summed E-state index contributed by atoms with van der Waals surface area (Å²) in [6.45, 7) is 3.66. The van der Waals surface area contributed by atoms with E-state index in [9.17, 15) is 0 Å². The van der Waals surface area contributed by atoms with E-state index in [2.05, 4.69) is 23.6 Å². The van der Waals surface area contributed by atoms with Gasteiger partial charge < -0.3 is 15.4 Å². The summed E-state index contributed by atoms with van der Waals surface area (Å²) in [5, 5.41) is 7.12. The lowest BCUT2D eigenvalue weighted by Crippen LogP contribution is -2.38. The number of nitrogens with one attached hydrogen (secondary N) is 2. The lowest BCUT2D eigenvalue weighted by Gasteiger charge is -2.14. The largest absolute Gasteiger partial charge is 0.491 e. The van der Waals surface area contributed by atoms with Crippen molar-refractivity contribution in [1.82, 2.24) is 10.6 Å². The molecule has 3 nitrogen and oxygen atoms in total. The fraction of sp³-hybridized carbons (Fsp3) is 0.417. The molecule has 2 rings (SSSR count). The number of rotatable bonds is 3. The zero-order valence-electron chi connectivity index (χ0n) is 9.32. The number of para-hydroxylation sites is 1. The predicted octanol–water partition coefficient (Wildman–Crippen LogP) is 1.99. The van der Waals surface area contributed by atoms with Gasteiger partial charge in [0, 0.05) is 12.1 Å². The summed E-state index contributed by atoms with van der Waals surface area (Å²) in [6.07, 6.45) is 1.07. The van der Waals surface area contributed by atoms with Crippen LogP contribution < -0.4 is 15.4 Å². The Labute approximate surface area is 101 Å². The molecule has 0 radical (unpaired) electrons. The maximum Gasteiger partial charge on any atom is 0.166 e. The van der Waals surface area contributed by atoms with Crippen LogP contribution in [0.25, 0.3) is 0 Å². The highest BCUT2D eigenvalue weighted by molar-refractivity contribution is 7.80. The third-order valence-electron chi connectivity index (χ3n) is 2.54. The van der Waals surface area contributed by atoms with Crippen molar-refractivity contribution >= 4 is 17.3 Å². The van der Waals surface area contributed by atoms with E-state index in [1.54, 1.807) is 0 Å². The molecule has 1 aromatic carbocycles. The van der Waals surface area contributed by atoms with Gasteiger partial charge in [0.15, 0.2) is 5.11 Å². The van der Waals surface area contributed by atoms with Crippen molar-refractivity contribution in [3.05, 3.63) is 29.8 Å². The van der Waals surface area contributed by atoms with Gasteiger partial charge in [0.25, 0.3) is 0 Å². The van der Waals surface area contributed by atoms with E-state index in [1.165, 1.54) is 5.56 Å². The fourth-order valence-corrected chi connectivity index (χ4v) is 1.97. The summed E-state index contributed by atoms with van der Waals surface area (Å²) in [6, 6.07) is 8.23. The molecule has 1 atom stereocenters. The van der Waals surface area contributed by atoms with Crippen molar-refractivity contribution < 1.29 is 4.74 Å². The van der Waals surface area contributed by atoms with Gasteiger partial charge in [-0.1, -0.05) is 25.1 Å². The van der Waals surface area contributed by atoms with Crippen molar-refractivity contribution in [3.8, 4) is 5.75 Å². The highest BCUT2D eigenvalue weighted by Crippen LogP contribution is 2.31. The van der Waals surface area contributed by atoms with Crippen LogP contribution in [0.3, 0.4) is 0 Å². The Morgan fingerprint density at radius 1 is 1.50 bits per heavy atom. The molecule has 0 aromatic heterocycles. The van der Waals surface area contributed by atoms with Crippen LogP contribution in [0.4, 0.5) is 0 Å². The minimum Gasteiger partial charge on any atom is -0.491 e. The van der Waals surface area contributed by atoms with Gasteiger partial charge in [0.2, 0.25) is 0 Å². The second kappa shape index (κ2) is 5.16. The van der Waals surface area contributed by atoms with E-state index in [4.69, 9.17) is 17.0 Å². The molecule has 0 aliphatic carbocycles. The van der Waals surface area contributed by atoms with Gasteiger partial charge in [-0.05, 0) is 24.7 Å². The Morgan fingerprint density at radius 2 is 2.31 bits per heavy atom. The Morgan fingerprint density at radius 3 is 3.12 bits per heavy atom. The number of hydrogen-bond donors (Lipinski definition) is 2. The molecule has 1 aromatic rings. The maximum atomic E-state index is 5.57. The van der Waals surface area contributed by atoms with Gasteiger partial charge in [-0.15, -0.1) is 0 Å². The standard InChI is InChI=1S/C12H16N2OS/c1-2-7-13-12(16)14-10-8-15-11-6-4-3-5-9(10)11/h3-6,10H,2,7-8H2,1H3,(H2,13,14,16). The summed E-state index contributed by atoms with van der Waals surface area (Å²) in [5.41, 5.74) is 1.18. The molecule has 16 heavy (non-hydrogen) atoms. The minimum absolute atomic E-state index is 0.174. The Balaban J connectivity index is 1.95. The monoisotopic (exact) mass is 236 g/mol. The average Bonchev–Trinajstić information content (AvgIpc) is 2.70. The predicted molar refractivity (Wildman–Crippen MR) is 68.7 cm³/mol. The van der Waals surface area contributed by atoms with Crippen LogP contribution >= 0.6 is 12.2 Å². The van der Waals surface area contributed by atoms with Crippen LogP contribution in [0, 0.1) is 0 Å². The summed E-state index contributed by atoms with van der Waals surface area (Å²) in [4.78, 5) is 0. The number of fused-ring (bicyclic) bond motifs is 1. The molecule has 0 amide bonds. The summed E-state index contributed by atoms with van der Waals surface area (Å²) in [7, 11) is 0. The number of thiocarbonyl (C=S) groups is 1. The summed E-state index contributed by atoms with van der Waals surface area (Å²) < 4.78 is 5.57. The summed E-state index contributed by atoms with van der Waals surface area (Å²) >= 11 is 5.21. The Bertz CT molecular complexity index is 381. The van der Waals surface area contributed by atoms with Crippen LogP contribution in [-0.2, 0) is 0 Å². The normalized spacial score (nSPS) is 17.4. The van der Waals surface area contributed by atoms with Crippen molar-refractivity contribution in [3.63, 3.8) is 0 Å². The minimum atomic E-state index is 0.174. The van der Waals surface area contributed by atoms with Crippen LogP contribution in [0.15, 0.2) is 24.3 Å². The van der Waals surface area contributed by atoms with Crippen molar-refractivity contribution in [2.45, 2.75) is 19.4 Å². The fourth-order valence-electron chi connectivity index (χ4n) is 1.73. The van der Waals surface area contributed by atoms with Crippen molar-refractivity contribution in [1.29, 1.82) is 0 Å². The van der Waals surface area contributed by atoms with Crippen molar-refractivity contribution in [2.75, 3.05) is 13.2 Å². The topological polar surface area (TPSA) is 33.3 Å². The zero-order valence-corrected chi connectivity index (χ0v) is 10.1. The number of hydrogen-bond acceptors (Lipinski definition) is 2. The van der Waals surface area contributed by atoms with Gasteiger partial charge in [-0.2, -0.15) is 0 Å². The molecule has 4 heteroatoms. The van der Waals surface area contributed by atoms with Crippen LogP contribution in [0.2, 0.25) is 0 Å². The van der Waals surface area contributed by atoms with Gasteiger partial charge >= 0.3 is 0 Å². The summed E-state index contributed by atoms with van der Waals surface area (Å²) in [5.74, 6) is 0.957. The first kappa shape index (κ1) is 11.2. The van der Waals surface area contributed by atoms with E-state index in [0.717, 1.165) is 18.7 Å². The Kier molecular flexibility index (Phi) is 3.62. The molecule has 1 heterocycles. The van der Waals surface area contributed by atoms with E-state index < -0.39 is 0 Å². The van der Waals surface area contributed by atoms with Gasteiger partial charge in [-0.3, -0.25) is 0 Å². The SMILES string of the molecule is CCCNC(=S)NC1COc2ccccc21. The molecule has 0 fully saturated rings. The van der Waals surface area contributed by atoms with Gasteiger partial charge in [-0.25, -0.2) is 0 Å². The second-order valence-corrected chi connectivity index (χ2v) is 4.21. The van der Waals surface area contributed by atoms with Crippen LogP contribution in [-0.4, -0.2) is 18.3 Å². The second-order valence-electron chi connectivity index (χ2n) is 3.80. The molecule has 86 valence electrons. The highest BCUT2D eigenvalue weighted by Gasteiger charge is 2.23. The molecule has 0 bridgehead atoms. The smallest absolute Gasteiger partial charge is 0.166 e. The van der Waals surface area contributed by atoms with E-state index in [-0.39, 0.29) is 6.04 Å². The van der Waals surface area contributed by atoms with E-state index in [0.29, 0.717) is 11.7 Å².